The number of carboxylic acid groups (broad SMARTS) is 1. The molecule has 0 saturated heterocycles. The van der Waals surface area contributed by atoms with Gasteiger partial charge in [-0.2, -0.15) is 0 Å². The summed E-state index contributed by atoms with van der Waals surface area (Å²) in [7, 11) is 0. The van der Waals surface area contributed by atoms with Gasteiger partial charge in [-0.1, -0.05) is 0 Å². The summed E-state index contributed by atoms with van der Waals surface area (Å²) in [5, 5.41) is 11.3. The zero-order valence-corrected chi connectivity index (χ0v) is 11.9. The summed E-state index contributed by atoms with van der Waals surface area (Å²) >= 11 is 3.16. The van der Waals surface area contributed by atoms with E-state index in [1.807, 2.05) is 0 Å². The number of halogens is 3. The highest BCUT2D eigenvalue weighted by molar-refractivity contribution is 9.10. The molecule has 2 N–H and O–H groups in total. The van der Waals surface area contributed by atoms with Crippen LogP contribution in [-0.4, -0.2) is 17.0 Å². The predicted octanol–water partition coefficient (Wildman–Crippen LogP) is 3.68. The fraction of sp³-hybridized carbons (Fsp3) is 0. The minimum absolute atomic E-state index is 0.0150. The van der Waals surface area contributed by atoms with Gasteiger partial charge in [0.2, 0.25) is 0 Å². The maximum absolute atomic E-state index is 13.1. The zero-order valence-electron chi connectivity index (χ0n) is 10.4. The molecule has 1 amide bonds. The average Bonchev–Trinajstić information content (AvgIpc) is 2.43. The molecule has 0 fully saturated rings. The van der Waals surface area contributed by atoms with E-state index in [0.29, 0.717) is 4.47 Å². The second-order valence-corrected chi connectivity index (χ2v) is 4.94. The standard InChI is InChI=1S/C14H8BrF2NO3/c15-9-3-1-8(14(20)21)6-12(9)18-13(19)7-2-4-10(16)11(17)5-7/h1-6H,(H,18,19)(H,20,21). The summed E-state index contributed by atoms with van der Waals surface area (Å²) in [6, 6.07) is 6.81. The highest BCUT2D eigenvalue weighted by Gasteiger charge is 2.13. The molecule has 7 heteroatoms. The van der Waals surface area contributed by atoms with E-state index in [-0.39, 0.29) is 16.8 Å². The molecule has 0 aliphatic heterocycles. The molecule has 0 radical (unpaired) electrons. The number of benzene rings is 2. The predicted molar refractivity (Wildman–Crippen MR) is 75.4 cm³/mol. The van der Waals surface area contributed by atoms with Gasteiger partial charge in [0.05, 0.1) is 11.3 Å². The first-order valence-corrected chi connectivity index (χ1v) is 6.47. The molecule has 2 rings (SSSR count). The number of hydrogen-bond acceptors (Lipinski definition) is 2. The van der Waals surface area contributed by atoms with Crippen LogP contribution in [0.5, 0.6) is 0 Å². The van der Waals surface area contributed by atoms with Crippen molar-refractivity contribution in [2.45, 2.75) is 0 Å². The number of carboxylic acids is 1. The molecule has 0 saturated carbocycles. The summed E-state index contributed by atoms with van der Waals surface area (Å²) in [4.78, 5) is 22.8. The third-order valence-electron chi connectivity index (χ3n) is 2.64. The maximum atomic E-state index is 13.1. The van der Waals surface area contributed by atoms with Crippen molar-refractivity contribution < 1.29 is 23.5 Å². The first kappa shape index (κ1) is 15.1. The molecule has 4 nitrogen and oxygen atoms in total. The summed E-state index contributed by atoms with van der Waals surface area (Å²) in [6.45, 7) is 0. The van der Waals surface area contributed by atoms with Crippen molar-refractivity contribution in [3.8, 4) is 0 Å². The normalized spacial score (nSPS) is 10.2. The zero-order chi connectivity index (χ0) is 15.6. The Hall–Kier alpha value is -2.28. The van der Waals surface area contributed by atoms with Crippen molar-refractivity contribution >= 4 is 33.5 Å². The Balaban J connectivity index is 2.28. The summed E-state index contributed by atoms with van der Waals surface area (Å²) in [6.07, 6.45) is 0. The Kier molecular flexibility index (Phi) is 4.32. The number of carbonyl (C=O) groups excluding carboxylic acids is 1. The number of carbonyl (C=O) groups is 2. The number of hydrogen-bond donors (Lipinski definition) is 2. The van der Waals surface area contributed by atoms with Crippen LogP contribution in [0.3, 0.4) is 0 Å². The van der Waals surface area contributed by atoms with Crippen LogP contribution in [0.4, 0.5) is 14.5 Å². The van der Waals surface area contributed by atoms with Crippen LogP contribution < -0.4 is 5.32 Å². The number of amides is 1. The van der Waals surface area contributed by atoms with E-state index < -0.39 is 23.5 Å². The van der Waals surface area contributed by atoms with Gasteiger partial charge >= 0.3 is 5.97 Å². The second-order valence-electron chi connectivity index (χ2n) is 4.08. The van der Waals surface area contributed by atoms with Crippen LogP contribution in [0, 0.1) is 11.6 Å². The Bertz CT molecular complexity index is 734. The number of nitrogens with one attached hydrogen (secondary N) is 1. The van der Waals surface area contributed by atoms with E-state index in [1.165, 1.54) is 18.2 Å². The Morgan fingerprint density at radius 1 is 1.00 bits per heavy atom. The molecule has 0 aromatic heterocycles. The highest BCUT2D eigenvalue weighted by atomic mass is 79.9. The van der Waals surface area contributed by atoms with Gasteiger partial charge in [0.15, 0.2) is 11.6 Å². The van der Waals surface area contributed by atoms with Gasteiger partial charge in [0.25, 0.3) is 5.91 Å². The van der Waals surface area contributed by atoms with Gasteiger partial charge in [0.1, 0.15) is 0 Å². The van der Waals surface area contributed by atoms with Gasteiger partial charge in [-0.3, -0.25) is 4.79 Å². The Morgan fingerprint density at radius 3 is 2.29 bits per heavy atom. The van der Waals surface area contributed by atoms with Crippen LogP contribution >= 0.6 is 15.9 Å². The van der Waals surface area contributed by atoms with Gasteiger partial charge in [-0.05, 0) is 52.3 Å². The molecule has 21 heavy (non-hydrogen) atoms. The van der Waals surface area contributed by atoms with E-state index in [9.17, 15) is 18.4 Å². The lowest BCUT2D eigenvalue weighted by Gasteiger charge is -2.08. The molecule has 0 bridgehead atoms. The van der Waals surface area contributed by atoms with E-state index >= 15 is 0 Å². The van der Waals surface area contributed by atoms with Crippen LogP contribution in [0.1, 0.15) is 20.7 Å². The van der Waals surface area contributed by atoms with Gasteiger partial charge in [0, 0.05) is 10.0 Å². The molecule has 108 valence electrons. The monoisotopic (exact) mass is 355 g/mol. The fourth-order valence-corrected chi connectivity index (χ4v) is 1.93. The summed E-state index contributed by atoms with van der Waals surface area (Å²) < 4.78 is 26.4. The molecule has 0 heterocycles. The summed E-state index contributed by atoms with van der Waals surface area (Å²) in [5.41, 5.74) is 0.116. The molecule has 0 unspecified atom stereocenters. The van der Waals surface area contributed by atoms with Crippen LogP contribution in [0.2, 0.25) is 0 Å². The lowest BCUT2D eigenvalue weighted by atomic mass is 10.1. The van der Waals surface area contributed by atoms with Crippen molar-refractivity contribution in [1.82, 2.24) is 0 Å². The molecule has 2 aromatic rings. The molecular formula is C14H8BrF2NO3. The van der Waals surface area contributed by atoms with Crippen molar-refractivity contribution in [2.24, 2.45) is 0 Å². The number of aromatic carboxylic acids is 1. The Morgan fingerprint density at radius 2 is 1.67 bits per heavy atom. The lowest BCUT2D eigenvalue weighted by Crippen LogP contribution is -2.13. The fourth-order valence-electron chi connectivity index (χ4n) is 1.59. The minimum atomic E-state index is -1.15. The van der Waals surface area contributed by atoms with E-state index in [4.69, 9.17) is 5.11 Å². The largest absolute Gasteiger partial charge is 0.478 e. The number of anilines is 1. The van der Waals surface area contributed by atoms with Gasteiger partial charge < -0.3 is 10.4 Å². The highest BCUT2D eigenvalue weighted by Crippen LogP contribution is 2.24. The molecule has 0 spiro atoms. The minimum Gasteiger partial charge on any atom is -0.478 e. The molecule has 2 aromatic carbocycles. The molecular weight excluding hydrogens is 348 g/mol. The van der Waals surface area contributed by atoms with Crippen LogP contribution in [0.25, 0.3) is 0 Å². The second kappa shape index (κ2) is 6.01. The average molecular weight is 356 g/mol. The first-order chi connectivity index (χ1) is 9.88. The van der Waals surface area contributed by atoms with Crippen LogP contribution in [0.15, 0.2) is 40.9 Å². The molecule has 0 aliphatic carbocycles. The van der Waals surface area contributed by atoms with E-state index in [1.54, 1.807) is 0 Å². The topological polar surface area (TPSA) is 66.4 Å². The van der Waals surface area contributed by atoms with E-state index in [2.05, 4.69) is 21.2 Å². The lowest BCUT2D eigenvalue weighted by molar-refractivity contribution is 0.0696. The van der Waals surface area contributed by atoms with Crippen molar-refractivity contribution in [3.05, 3.63) is 63.6 Å². The Labute approximate surface area is 126 Å². The third-order valence-corrected chi connectivity index (χ3v) is 3.33. The van der Waals surface area contributed by atoms with Crippen molar-refractivity contribution in [2.75, 3.05) is 5.32 Å². The maximum Gasteiger partial charge on any atom is 0.335 e. The molecule has 0 atom stereocenters. The SMILES string of the molecule is O=C(O)c1ccc(Br)c(NC(=O)c2ccc(F)c(F)c2)c1. The molecule has 0 aliphatic rings. The van der Waals surface area contributed by atoms with Crippen molar-refractivity contribution in [1.29, 1.82) is 0 Å². The van der Waals surface area contributed by atoms with E-state index in [0.717, 1.165) is 18.2 Å². The van der Waals surface area contributed by atoms with Gasteiger partial charge in [-0.25, -0.2) is 13.6 Å². The van der Waals surface area contributed by atoms with Crippen molar-refractivity contribution in [3.63, 3.8) is 0 Å². The van der Waals surface area contributed by atoms with Gasteiger partial charge in [-0.15, -0.1) is 0 Å². The quantitative estimate of drug-likeness (QED) is 0.882. The summed E-state index contributed by atoms with van der Waals surface area (Å²) in [5.74, 6) is -4.02. The number of rotatable bonds is 3. The first-order valence-electron chi connectivity index (χ1n) is 5.67. The smallest absolute Gasteiger partial charge is 0.335 e. The van der Waals surface area contributed by atoms with Crippen LogP contribution in [-0.2, 0) is 0 Å². The third kappa shape index (κ3) is 3.43.